The number of aromatic nitrogens is 1. The summed E-state index contributed by atoms with van der Waals surface area (Å²) in [6.07, 6.45) is 0.985. The van der Waals surface area contributed by atoms with Gasteiger partial charge >= 0.3 is 0 Å². The Hall–Kier alpha value is -1.41. The zero-order valence-electron chi connectivity index (χ0n) is 12.7. The molecule has 0 aliphatic rings. The number of hydrogen-bond acceptors (Lipinski definition) is 2. The minimum absolute atomic E-state index is 0.187. The molecule has 0 aliphatic carbocycles. The Morgan fingerprint density at radius 2 is 1.89 bits per heavy atom. The Balaban J connectivity index is 2.46. The summed E-state index contributed by atoms with van der Waals surface area (Å²) in [5, 5.41) is 4.43. The Morgan fingerprint density at radius 1 is 1.16 bits per heavy atom. The smallest absolute Gasteiger partial charge is 0.0705 e. The van der Waals surface area contributed by atoms with Crippen molar-refractivity contribution in [2.24, 2.45) is 0 Å². The van der Waals surface area contributed by atoms with E-state index in [0.29, 0.717) is 0 Å². The van der Waals surface area contributed by atoms with Crippen molar-refractivity contribution in [2.45, 2.75) is 39.5 Å². The number of fused-ring (bicyclic) bond motifs is 1. The highest BCUT2D eigenvalue weighted by Crippen LogP contribution is 2.26. The predicted molar refractivity (Wildman–Crippen MR) is 82.8 cm³/mol. The van der Waals surface area contributed by atoms with E-state index in [1.807, 2.05) is 7.05 Å². The molecule has 1 aromatic carbocycles. The molecule has 0 saturated carbocycles. The van der Waals surface area contributed by atoms with Crippen molar-refractivity contribution in [2.75, 3.05) is 13.6 Å². The second-order valence-corrected chi connectivity index (χ2v) is 6.26. The lowest BCUT2D eigenvalue weighted by Gasteiger charge is -2.19. The van der Waals surface area contributed by atoms with Crippen molar-refractivity contribution in [3.8, 4) is 0 Å². The molecule has 0 amide bonds. The Labute approximate surface area is 116 Å². The molecule has 19 heavy (non-hydrogen) atoms. The molecule has 2 aromatic rings. The van der Waals surface area contributed by atoms with E-state index in [1.54, 1.807) is 0 Å². The summed E-state index contributed by atoms with van der Waals surface area (Å²) >= 11 is 0. The van der Waals surface area contributed by atoms with E-state index < -0.39 is 0 Å². The van der Waals surface area contributed by atoms with Gasteiger partial charge in [-0.15, -0.1) is 0 Å². The summed E-state index contributed by atoms with van der Waals surface area (Å²) in [7, 11) is 1.98. The molecule has 0 bridgehead atoms. The first kappa shape index (κ1) is 14.0. The number of pyridine rings is 1. The lowest BCUT2D eigenvalue weighted by molar-refractivity contribution is 0.591. The third-order valence-corrected chi connectivity index (χ3v) is 3.59. The first-order valence-corrected chi connectivity index (χ1v) is 6.97. The number of likely N-dealkylation sites (N-methyl/N-ethyl adjacent to an activating group) is 1. The summed E-state index contributed by atoms with van der Waals surface area (Å²) in [4.78, 5) is 4.80. The number of hydrogen-bond donors (Lipinski definition) is 1. The maximum atomic E-state index is 4.80. The summed E-state index contributed by atoms with van der Waals surface area (Å²) in [5.74, 6) is 0. The summed E-state index contributed by atoms with van der Waals surface area (Å²) < 4.78 is 0. The molecule has 1 N–H and O–H groups in total. The molecule has 1 heterocycles. The molecule has 2 rings (SSSR count). The van der Waals surface area contributed by atoms with Crippen molar-refractivity contribution >= 4 is 10.9 Å². The van der Waals surface area contributed by atoms with Crippen LogP contribution in [0.2, 0.25) is 0 Å². The Bertz CT molecular complexity index is 580. The number of nitrogens with one attached hydrogen (secondary N) is 1. The standard InChI is InChI=1S/C17H24N2/c1-12-10-13-11-14(17(2,3)4)6-7-16(13)19-15(12)8-9-18-5/h6-7,10-11,18H,8-9H2,1-5H3. The van der Waals surface area contributed by atoms with Crippen LogP contribution in [0.25, 0.3) is 10.9 Å². The van der Waals surface area contributed by atoms with Gasteiger partial charge in [0, 0.05) is 24.0 Å². The SMILES string of the molecule is CNCCc1nc2ccc(C(C)(C)C)cc2cc1C. The van der Waals surface area contributed by atoms with E-state index in [4.69, 9.17) is 4.98 Å². The number of benzene rings is 1. The van der Waals surface area contributed by atoms with Gasteiger partial charge in [-0.25, -0.2) is 0 Å². The van der Waals surface area contributed by atoms with Gasteiger partial charge in [0.1, 0.15) is 0 Å². The summed E-state index contributed by atoms with van der Waals surface area (Å²) in [5.41, 5.74) is 5.14. The quantitative estimate of drug-likeness (QED) is 0.907. The molecular weight excluding hydrogens is 232 g/mol. The van der Waals surface area contributed by atoms with Crippen LogP contribution >= 0.6 is 0 Å². The van der Waals surface area contributed by atoms with E-state index in [2.05, 4.69) is 57.3 Å². The van der Waals surface area contributed by atoms with E-state index in [-0.39, 0.29) is 5.41 Å². The van der Waals surface area contributed by atoms with Gasteiger partial charge in [-0.1, -0.05) is 26.8 Å². The number of aryl methyl sites for hydroxylation is 1. The van der Waals surface area contributed by atoms with Crippen LogP contribution in [0, 0.1) is 6.92 Å². The first-order chi connectivity index (χ1) is 8.91. The fourth-order valence-electron chi connectivity index (χ4n) is 2.29. The van der Waals surface area contributed by atoms with E-state index >= 15 is 0 Å². The predicted octanol–water partition coefficient (Wildman–Crippen LogP) is 3.60. The molecule has 0 atom stereocenters. The Kier molecular flexibility index (Phi) is 3.91. The van der Waals surface area contributed by atoms with Crippen LogP contribution in [-0.4, -0.2) is 18.6 Å². The monoisotopic (exact) mass is 256 g/mol. The zero-order chi connectivity index (χ0) is 14.0. The third kappa shape index (κ3) is 3.13. The Morgan fingerprint density at radius 3 is 2.53 bits per heavy atom. The second-order valence-electron chi connectivity index (χ2n) is 6.26. The van der Waals surface area contributed by atoms with Gasteiger partial charge < -0.3 is 5.32 Å². The maximum Gasteiger partial charge on any atom is 0.0705 e. The van der Waals surface area contributed by atoms with E-state index in [9.17, 15) is 0 Å². The molecule has 0 unspecified atom stereocenters. The highest BCUT2D eigenvalue weighted by Gasteiger charge is 2.14. The van der Waals surface area contributed by atoms with Crippen LogP contribution < -0.4 is 5.32 Å². The maximum absolute atomic E-state index is 4.80. The van der Waals surface area contributed by atoms with Crippen LogP contribution in [0.4, 0.5) is 0 Å². The highest BCUT2D eigenvalue weighted by molar-refractivity contribution is 5.80. The normalized spacial score (nSPS) is 12.1. The molecular formula is C17H24N2. The average molecular weight is 256 g/mol. The van der Waals surface area contributed by atoms with Gasteiger partial charge in [0.25, 0.3) is 0 Å². The molecule has 0 aliphatic heterocycles. The van der Waals surface area contributed by atoms with Crippen molar-refractivity contribution in [1.29, 1.82) is 0 Å². The van der Waals surface area contributed by atoms with Crippen LogP contribution in [0.3, 0.4) is 0 Å². The zero-order valence-corrected chi connectivity index (χ0v) is 12.7. The molecule has 1 aromatic heterocycles. The topological polar surface area (TPSA) is 24.9 Å². The van der Waals surface area contributed by atoms with Crippen LogP contribution in [-0.2, 0) is 11.8 Å². The molecule has 2 heteroatoms. The van der Waals surface area contributed by atoms with Gasteiger partial charge in [-0.3, -0.25) is 4.98 Å². The number of nitrogens with zero attached hydrogens (tertiary/aromatic N) is 1. The number of rotatable bonds is 3. The minimum atomic E-state index is 0.187. The van der Waals surface area contributed by atoms with Crippen molar-refractivity contribution < 1.29 is 0 Å². The van der Waals surface area contributed by atoms with Crippen LogP contribution in [0.5, 0.6) is 0 Å². The lowest BCUT2D eigenvalue weighted by Crippen LogP contribution is -2.12. The van der Waals surface area contributed by atoms with E-state index in [1.165, 1.54) is 22.2 Å². The molecule has 0 spiro atoms. The molecule has 0 saturated heterocycles. The summed E-state index contributed by atoms with van der Waals surface area (Å²) in [6.45, 7) is 9.86. The first-order valence-electron chi connectivity index (χ1n) is 6.97. The lowest BCUT2D eigenvalue weighted by atomic mass is 9.86. The largest absolute Gasteiger partial charge is 0.319 e. The van der Waals surface area contributed by atoms with Crippen LogP contribution in [0.1, 0.15) is 37.6 Å². The van der Waals surface area contributed by atoms with E-state index in [0.717, 1.165) is 18.5 Å². The molecule has 2 nitrogen and oxygen atoms in total. The van der Waals surface area contributed by atoms with Crippen molar-refractivity contribution in [3.63, 3.8) is 0 Å². The van der Waals surface area contributed by atoms with Crippen molar-refractivity contribution in [3.05, 3.63) is 41.1 Å². The highest BCUT2D eigenvalue weighted by atomic mass is 14.8. The minimum Gasteiger partial charge on any atom is -0.319 e. The summed E-state index contributed by atoms with van der Waals surface area (Å²) in [6, 6.07) is 8.89. The van der Waals surface area contributed by atoms with Gasteiger partial charge in [0.15, 0.2) is 0 Å². The second kappa shape index (κ2) is 5.30. The van der Waals surface area contributed by atoms with Crippen LogP contribution in [0.15, 0.2) is 24.3 Å². The van der Waals surface area contributed by atoms with Gasteiger partial charge in [-0.2, -0.15) is 0 Å². The van der Waals surface area contributed by atoms with Gasteiger partial charge in [-0.05, 0) is 48.7 Å². The molecule has 0 radical (unpaired) electrons. The van der Waals surface area contributed by atoms with Crippen molar-refractivity contribution in [1.82, 2.24) is 10.3 Å². The average Bonchev–Trinajstić information content (AvgIpc) is 2.34. The molecule has 102 valence electrons. The molecule has 0 fully saturated rings. The van der Waals surface area contributed by atoms with Gasteiger partial charge in [0.2, 0.25) is 0 Å². The third-order valence-electron chi connectivity index (χ3n) is 3.59. The van der Waals surface area contributed by atoms with Gasteiger partial charge in [0.05, 0.1) is 5.52 Å². The fourth-order valence-corrected chi connectivity index (χ4v) is 2.29. The fraction of sp³-hybridized carbons (Fsp3) is 0.471.